The lowest BCUT2D eigenvalue weighted by molar-refractivity contribution is -0.131. The topological polar surface area (TPSA) is 100 Å². The molecule has 164 valence electrons. The molecule has 9 heteroatoms. The Labute approximate surface area is 179 Å². The van der Waals surface area contributed by atoms with E-state index in [9.17, 15) is 18.4 Å². The highest BCUT2D eigenvalue weighted by Gasteiger charge is 2.29. The number of carbonyl (C=O) groups is 2. The molecule has 0 saturated heterocycles. The van der Waals surface area contributed by atoms with E-state index in [4.69, 9.17) is 14.7 Å². The second kappa shape index (κ2) is 10.00. The van der Waals surface area contributed by atoms with Gasteiger partial charge in [-0.05, 0) is 50.6 Å². The molecule has 0 spiro atoms. The molecule has 2 N–H and O–H groups in total. The molecular weight excluding hydrogens is 408 g/mol. The monoisotopic (exact) mass is 431 g/mol. The van der Waals surface area contributed by atoms with Gasteiger partial charge >= 0.3 is 6.09 Å². The van der Waals surface area contributed by atoms with Crippen molar-refractivity contribution < 1.29 is 27.8 Å². The van der Waals surface area contributed by atoms with Crippen LogP contribution in [0.3, 0.4) is 0 Å². The summed E-state index contributed by atoms with van der Waals surface area (Å²) in [5.41, 5.74) is -0.670. The molecule has 7 nitrogen and oxygen atoms in total. The molecule has 0 aliphatic heterocycles. The minimum absolute atomic E-state index is 0.0590. The summed E-state index contributed by atoms with van der Waals surface area (Å²) in [6.45, 7) is 4.97. The molecule has 0 aromatic heterocycles. The average Bonchev–Trinajstić information content (AvgIpc) is 2.70. The quantitative estimate of drug-likeness (QED) is 0.714. The number of rotatable bonds is 6. The highest BCUT2D eigenvalue weighted by atomic mass is 19.1. The predicted octanol–water partition coefficient (Wildman–Crippen LogP) is 4.19. The van der Waals surface area contributed by atoms with Crippen LogP contribution in [0, 0.1) is 23.0 Å². The number of hydrogen-bond acceptors (Lipinski definition) is 5. The van der Waals surface area contributed by atoms with E-state index in [2.05, 4.69) is 10.6 Å². The number of benzene rings is 2. The smallest absolute Gasteiger partial charge is 0.412 e. The first-order chi connectivity index (χ1) is 14.6. The molecule has 0 fully saturated rings. The van der Waals surface area contributed by atoms with E-state index in [1.54, 1.807) is 45.0 Å². The maximum atomic E-state index is 15.0. The highest BCUT2D eigenvalue weighted by molar-refractivity contribution is 5.86. The first-order valence-electron chi connectivity index (χ1n) is 9.33. The second-order valence-corrected chi connectivity index (χ2v) is 7.59. The van der Waals surface area contributed by atoms with E-state index in [0.29, 0.717) is 11.1 Å². The van der Waals surface area contributed by atoms with Crippen LogP contribution in [0.5, 0.6) is 0 Å². The number of anilines is 1. The number of amides is 2. The maximum Gasteiger partial charge on any atom is 0.412 e. The molecule has 2 aromatic carbocycles. The van der Waals surface area contributed by atoms with E-state index >= 15 is 0 Å². The molecule has 0 heterocycles. The minimum Gasteiger partial charge on any atom is -0.444 e. The average molecular weight is 431 g/mol. The van der Waals surface area contributed by atoms with Crippen LogP contribution in [-0.4, -0.2) is 24.7 Å². The summed E-state index contributed by atoms with van der Waals surface area (Å²) >= 11 is 0. The molecule has 1 atom stereocenters. The summed E-state index contributed by atoms with van der Waals surface area (Å²) in [5, 5.41) is 13.6. The molecule has 1 unspecified atom stereocenters. The van der Waals surface area contributed by atoms with Gasteiger partial charge in [0.25, 0.3) is 5.91 Å². The SMILES string of the molecule is COC(C(=O)NCc1ccc(C#N)cc1)c1c(F)ccc(NC(=O)OC(C)(C)C)c1F. The van der Waals surface area contributed by atoms with Gasteiger partial charge in [-0.1, -0.05) is 12.1 Å². The molecule has 0 aliphatic rings. The van der Waals surface area contributed by atoms with Gasteiger partial charge in [-0.25, -0.2) is 13.6 Å². The number of halogens is 2. The first kappa shape index (κ1) is 23.8. The van der Waals surface area contributed by atoms with Crippen molar-refractivity contribution in [3.05, 3.63) is 64.7 Å². The summed E-state index contributed by atoms with van der Waals surface area (Å²) < 4.78 is 39.5. The normalized spacial score (nSPS) is 11.9. The number of nitriles is 1. The Hall–Kier alpha value is -3.51. The van der Waals surface area contributed by atoms with Gasteiger partial charge in [-0.3, -0.25) is 10.1 Å². The van der Waals surface area contributed by atoms with Crippen LogP contribution in [-0.2, 0) is 20.8 Å². The van der Waals surface area contributed by atoms with Crippen molar-refractivity contribution >= 4 is 17.7 Å². The summed E-state index contributed by atoms with van der Waals surface area (Å²) in [7, 11) is 1.14. The molecule has 0 aliphatic carbocycles. The Balaban J connectivity index is 2.19. The fourth-order valence-electron chi connectivity index (χ4n) is 2.65. The van der Waals surface area contributed by atoms with Crippen LogP contribution in [0.1, 0.15) is 43.6 Å². The van der Waals surface area contributed by atoms with Crippen LogP contribution in [0.2, 0.25) is 0 Å². The molecule has 2 amide bonds. The molecule has 0 radical (unpaired) electrons. The predicted molar refractivity (Wildman–Crippen MR) is 109 cm³/mol. The van der Waals surface area contributed by atoms with E-state index in [0.717, 1.165) is 19.2 Å². The van der Waals surface area contributed by atoms with Gasteiger partial charge in [0, 0.05) is 13.7 Å². The van der Waals surface area contributed by atoms with Gasteiger partial charge in [-0.15, -0.1) is 0 Å². The third-order valence-corrected chi connectivity index (χ3v) is 4.05. The zero-order chi connectivity index (χ0) is 23.2. The van der Waals surface area contributed by atoms with Gasteiger partial charge in [0.2, 0.25) is 0 Å². The summed E-state index contributed by atoms with van der Waals surface area (Å²) in [5.74, 6) is -2.93. The summed E-state index contributed by atoms with van der Waals surface area (Å²) in [6.07, 6.45) is -2.53. The van der Waals surface area contributed by atoms with Crippen molar-refractivity contribution in [2.75, 3.05) is 12.4 Å². The zero-order valence-corrected chi connectivity index (χ0v) is 17.6. The number of nitrogens with zero attached hydrogens (tertiary/aromatic N) is 1. The molecule has 0 bridgehead atoms. The van der Waals surface area contributed by atoms with Crippen LogP contribution < -0.4 is 10.6 Å². The van der Waals surface area contributed by atoms with Crippen LogP contribution in [0.25, 0.3) is 0 Å². The van der Waals surface area contributed by atoms with Crippen molar-refractivity contribution in [1.82, 2.24) is 5.32 Å². The Kier molecular flexibility index (Phi) is 7.67. The Bertz CT molecular complexity index is 996. The zero-order valence-electron chi connectivity index (χ0n) is 17.6. The van der Waals surface area contributed by atoms with Crippen molar-refractivity contribution in [2.45, 2.75) is 39.0 Å². The Morgan fingerprint density at radius 2 is 1.77 bits per heavy atom. The number of carbonyl (C=O) groups excluding carboxylic acids is 2. The minimum atomic E-state index is -1.60. The lowest BCUT2D eigenvalue weighted by atomic mass is 10.1. The molecule has 31 heavy (non-hydrogen) atoms. The van der Waals surface area contributed by atoms with Gasteiger partial charge in [0.05, 0.1) is 22.9 Å². The van der Waals surface area contributed by atoms with Crippen LogP contribution >= 0.6 is 0 Å². The Morgan fingerprint density at radius 1 is 1.13 bits per heavy atom. The Morgan fingerprint density at radius 3 is 2.32 bits per heavy atom. The van der Waals surface area contributed by atoms with Crippen molar-refractivity contribution in [3.8, 4) is 6.07 Å². The van der Waals surface area contributed by atoms with E-state index in [1.807, 2.05) is 6.07 Å². The standard InChI is InChI=1S/C22H23F2N3O4/c1-22(2,3)31-21(29)27-16-10-9-15(23)17(18(16)24)19(30-4)20(28)26-12-14-7-5-13(11-25)6-8-14/h5-10,19H,12H2,1-4H3,(H,26,28)(H,27,29). The summed E-state index contributed by atoms with van der Waals surface area (Å²) in [4.78, 5) is 24.5. The van der Waals surface area contributed by atoms with E-state index < -0.39 is 40.9 Å². The number of methoxy groups -OCH3 is 1. The first-order valence-corrected chi connectivity index (χ1v) is 9.33. The van der Waals surface area contributed by atoms with Gasteiger partial charge < -0.3 is 14.8 Å². The van der Waals surface area contributed by atoms with E-state index in [-0.39, 0.29) is 12.2 Å². The van der Waals surface area contributed by atoms with Gasteiger partial charge in [-0.2, -0.15) is 5.26 Å². The molecular formula is C22H23F2N3O4. The fraction of sp³-hybridized carbons (Fsp3) is 0.318. The van der Waals surface area contributed by atoms with Crippen molar-refractivity contribution in [1.29, 1.82) is 5.26 Å². The molecule has 2 aromatic rings. The lowest BCUT2D eigenvalue weighted by Crippen LogP contribution is -2.31. The third kappa shape index (κ3) is 6.49. The van der Waals surface area contributed by atoms with Crippen molar-refractivity contribution in [3.63, 3.8) is 0 Å². The number of nitrogens with one attached hydrogen (secondary N) is 2. The fourth-order valence-corrected chi connectivity index (χ4v) is 2.65. The van der Waals surface area contributed by atoms with Gasteiger partial charge in [0.1, 0.15) is 11.4 Å². The van der Waals surface area contributed by atoms with Gasteiger partial charge in [0.15, 0.2) is 11.9 Å². The van der Waals surface area contributed by atoms with Crippen LogP contribution in [0.15, 0.2) is 36.4 Å². The maximum absolute atomic E-state index is 15.0. The van der Waals surface area contributed by atoms with Crippen molar-refractivity contribution in [2.24, 2.45) is 0 Å². The molecule has 0 saturated carbocycles. The largest absolute Gasteiger partial charge is 0.444 e. The third-order valence-electron chi connectivity index (χ3n) is 4.05. The molecule has 2 rings (SSSR count). The summed E-state index contributed by atoms with van der Waals surface area (Å²) in [6, 6.07) is 10.4. The van der Waals surface area contributed by atoms with E-state index in [1.165, 1.54) is 0 Å². The number of hydrogen-bond donors (Lipinski definition) is 2. The second-order valence-electron chi connectivity index (χ2n) is 7.59. The lowest BCUT2D eigenvalue weighted by Gasteiger charge is -2.21. The van der Waals surface area contributed by atoms with Crippen LogP contribution in [0.4, 0.5) is 19.3 Å². The highest BCUT2D eigenvalue weighted by Crippen LogP contribution is 2.29. The number of ether oxygens (including phenoxy) is 2.